The third kappa shape index (κ3) is 6.01. The molecule has 1 aliphatic heterocycles. The van der Waals surface area contributed by atoms with E-state index in [1.54, 1.807) is 36.5 Å². The van der Waals surface area contributed by atoms with Crippen LogP contribution in [0.5, 0.6) is 0 Å². The van der Waals surface area contributed by atoms with Crippen LogP contribution in [0.25, 0.3) is 0 Å². The number of amides is 1. The Morgan fingerprint density at radius 2 is 2.00 bits per heavy atom. The summed E-state index contributed by atoms with van der Waals surface area (Å²) in [6, 6.07) is 10.0. The number of anilines is 1. The van der Waals surface area contributed by atoms with Crippen LogP contribution in [-0.2, 0) is 11.2 Å². The topological polar surface area (TPSA) is 66.5 Å². The molecule has 2 aromatic rings. The third-order valence-corrected chi connectivity index (χ3v) is 4.50. The molecule has 0 saturated carbocycles. The summed E-state index contributed by atoms with van der Waals surface area (Å²) < 4.78 is 18.9. The first-order valence-electron chi connectivity index (χ1n) is 9.24. The SMILES string of the molecule is O=C(NCCc1ccccc1F)c1ccnc(NCCN2CCOCC2)c1. The first kappa shape index (κ1) is 19.3. The summed E-state index contributed by atoms with van der Waals surface area (Å²) >= 11 is 0. The number of nitrogens with one attached hydrogen (secondary N) is 2. The second kappa shape index (κ2) is 9.99. The number of nitrogens with zero attached hydrogens (tertiary/aromatic N) is 2. The second-order valence-corrected chi connectivity index (χ2v) is 6.41. The van der Waals surface area contributed by atoms with Gasteiger partial charge in [0.25, 0.3) is 5.91 Å². The van der Waals surface area contributed by atoms with Gasteiger partial charge in [0.1, 0.15) is 11.6 Å². The summed E-state index contributed by atoms with van der Waals surface area (Å²) in [5.41, 5.74) is 1.13. The molecule has 1 amide bonds. The van der Waals surface area contributed by atoms with Crippen LogP contribution in [0.1, 0.15) is 15.9 Å². The van der Waals surface area contributed by atoms with E-state index in [0.717, 1.165) is 39.4 Å². The van der Waals surface area contributed by atoms with E-state index < -0.39 is 0 Å². The van der Waals surface area contributed by atoms with Crippen molar-refractivity contribution in [3.8, 4) is 0 Å². The van der Waals surface area contributed by atoms with E-state index >= 15 is 0 Å². The van der Waals surface area contributed by atoms with Crippen molar-refractivity contribution in [3.63, 3.8) is 0 Å². The van der Waals surface area contributed by atoms with Crippen molar-refractivity contribution in [1.29, 1.82) is 0 Å². The van der Waals surface area contributed by atoms with Gasteiger partial charge in [-0.2, -0.15) is 0 Å². The molecule has 2 N–H and O–H groups in total. The van der Waals surface area contributed by atoms with Crippen LogP contribution in [0.15, 0.2) is 42.6 Å². The zero-order chi connectivity index (χ0) is 18.9. The van der Waals surface area contributed by atoms with Crippen molar-refractivity contribution in [2.45, 2.75) is 6.42 Å². The number of hydrogen-bond donors (Lipinski definition) is 2. The van der Waals surface area contributed by atoms with E-state index in [9.17, 15) is 9.18 Å². The van der Waals surface area contributed by atoms with Gasteiger partial charge in [0, 0.05) is 44.5 Å². The first-order valence-corrected chi connectivity index (χ1v) is 9.24. The molecule has 0 unspecified atom stereocenters. The molecule has 0 atom stereocenters. The smallest absolute Gasteiger partial charge is 0.251 e. The number of aromatic nitrogens is 1. The molecule has 7 heteroatoms. The lowest BCUT2D eigenvalue weighted by molar-refractivity contribution is 0.0398. The number of pyridine rings is 1. The Kier molecular flexibility index (Phi) is 7.12. The van der Waals surface area contributed by atoms with Gasteiger partial charge in [0.2, 0.25) is 0 Å². The van der Waals surface area contributed by atoms with Gasteiger partial charge in [-0.3, -0.25) is 9.69 Å². The van der Waals surface area contributed by atoms with Crippen molar-refractivity contribution in [3.05, 3.63) is 59.5 Å². The number of morpholine rings is 1. The van der Waals surface area contributed by atoms with E-state index in [-0.39, 0.29) is 11.7 Å². The average molecular weight is 372 g/mol. The Morgan fingerprint density at radius 1 is 1.19 bits per heavy atom. The Bertz CT molecular complexity index is 750. The van der Waals surface area contributed by atoms with E-state index in [4.69, 9.17) is 4.74 Å². The summed E-state index contributed by atoms with van der Waals surface area (Å²) in [4.78, 5) is 18.9. The summed E-state index contributed by atoms with van der Waals surface area (Å²) in [6.45, 7) is 5.48. The van der Waals surface area contributed by atoms with Gasteiger partial charge in [-0.05, 0) is 30.2 Å². The number of halogens is 1. The second-order valence-electron chi connectivity index (χ2n) is 6.41. The van der Waals surface area contributed by atoms with Crippen LogP contribution >= 0.6 is 0 Å². The summed E-state index contributed by atoms with van der Waals surface area (Å²) in [7, 11) is 0. The number of hydrogen-bond acceptors (Lipinski definition) is 5. The highest BCUT2D eigenvalue weighted by molar-refractivity contribution is 5.94. The monoisotopic (exact) mass is 372 g/mol. The van der Waals surface area contributed by atoms with Crippen molar-refractivity contribution < 1.29 is 13.9 Å². The summed E-state index contributed by atoms with van der Waals surface area (Å²) in [5, 5.41) is 6.08. The molecular formula is C20H25FN4O2. The van der Waals surface area contributed by atoms with Gasteiger partial charge in [-0.15, -0.1) is 0 Å². The van der Waals surface area contributed by atoms with Crippen molar-refractivity contribution in [2.75, 3.05) is 51.3 Å². The van der Waals surface area contributed by atoms with Gasteiger partial charge in [-0.25, -0.2) is 9.37 Å². The third-order valence-electron chi connectivity index (χ3n) is 4.50. The minimum atomic E-state index is -0.248. The molecule has 6 nitrogen and oxygen atoms in total. The van der Waals surface area contributed by atoms with Crippen LogP contribution in [-0.4, -0.2) is 61.7 Å². The lowest BCUT2D eigenvalue weighted by atomic mass is 10.1. The van der Waals surface area contributed by atoms with Crippen LogP contribution in [0.4, 0.5) is 10.2 Å². The minimum Gasteiger partial charge on any atom is -0.379 e. The molecule has 1 aromatic carbocycles. The molecule has 0 radical (unpaired) electrons. The number of ether oxygens (including phenoxy) is 1. The van der Waals surface area contributed by atoms with Crippen molar-refractivity contribution in [1.82, 2.24) is 15.2 Å². The summed E-state index contributed by atoms with van der Waals surface area (Å²) in [5.74, 6) is 0.234. The number of carbonyl (C=O) groups excluding carboxylic acids is 1. The Hall–Kier alpha value is -2.51. The fourth-order valence-corrected chi connectivity index (χ4v) is 2.95. The maximum absolute atomic E-state index is 13.6. The molecule has 27 heavy (non-hydrogen) atoms. The molecular weight excluding hydrogens is 347 g/mol. The molecule has 1 fully saturated rings. The van der Waals surface area contributed by atoms with Crippen molar-refractivity contribution >= 4 is 11.7 Å². The largest absolute Gasteiger partial charge is 0.379 e. The Labute approximate surface area is 158 Å². The van der Waals surface area contributed by atoms with Gasteiger partial charge < -0.3 is 15.4 Å². The molecule has 1 aliphatic rings. The molecule has 2 heterocycles. The molecule has 0 aliphatic carbocycles. The molecule has 0 bridgehead atoms. The number of benzene rings is 1. The highest BCUT2D eigenvalue weighted by Crippen LogP contribution is 2.08. The lowest BCUT2D eigenvalue weighted by Crippen LogP contribution is -2.39. The fourth-order valence-electron chi connectivity index (χ4n) is 2.95. The summed E-state index contributed by atoms with van der Waals surface area (Å²) in [6.07, 6.45) is 2.07. The van der Waals surface area contributed by atoms with E-state index in [1.807, 2.05) is 0 Å². The van der Waals surface area contributed by atoms with Crippen LogP contribution in [0.3, 0.4) is 0 Å². The highest BCUT2D eigenvalue weighted by atomic mass is 19.1. The molecule has 0 spiro atoms. The molecule has 3 rings (SSSR count). The van der Waals surface area contributed by atoms with Crippen LogP contribution in [0, 0.1) is 5.82 Å². The molecule has 144 valence electrons. The van der Waals surface area contributed by atoms with E-state index in [1.165, 1.54) is 6.07 Å². The first-order chi connectivity index (χ1) is 13.2. The quantitative estimate of drug-likeness (QED) is 0.741. The Morgan fingerprint density at radius 3 is 2.81 bits per heavy atom. The van der Waals surface area contributed by atoms with Gasteiger partial charge in [0.05, 0.1) is 13.2 Å². The molecule has 1 saturated heterocycles. The normalized spacial score (nSPS) is 14.7. The van der Waals surface area contributed by atoms with E-state index in [2.05, 4.69) is 20.5 Å². The fraction of sp³-hybridized carbons (Fsp3) is 0.400. The molecule has 1 aromatic heterocycles. The van der Waals surface area contributed by atoms with Crippen LogP contribution < -0.4 is 10.6 Å². The lowest BCUT2D eigenvalue weighted by Gasteiger charge is -2.26. The highest BCUT2D eigenvalue weighted by Gasteiger charge is 2.10. The maximum atomic E-state index is 13.6. The minimum absolute atomic E-state index is 0.190. The number of carbonyl (C=O) groups is 1. The standard InChI is InChI=1S/C20H25FN4O2/c21-18-4-2-1-3-16(18)5-8-24-20(26)17-6-7-22-19(15-17)23-9-10-25-11-13-27-14-12-25/h1-4,6-7,15H,5,8-14H2,(H,22,23)(H,24,26). The average Bonchev–Trinajstić information content (AvgIpc) is 2.70. The van der Waals surface area contributed by atoms with Gasteiger partial charge >= 0.3 is 0 Å². The zero-order valence-corrected chi connectivity index (χ0v) is 15.3. The van der Waals surface area contributed by atoms with Crippen LogP contribution in [0.2, 0.25) is 0 Å². The van der Waals surface area contributed by atoms with Crippen molar-refractivity contribution in [2.24, 2.45) is 0 Å². The predicted octanol–water partition coefficient (Wildman–Crippen LogP) is 1.94. The Balaban J connectivity index is 1.44. The maximum Gasteiger partial charge on any atom is 0.251 e. The predicted molar refractivity (Wildman–Crippen MR) is 102 cm³/mol. The number of rotatable bonds is 8. The van der Waals surface area contributed by atoms with Gasteiger partial charge in [-0.1, -0.05) is 18.2 Å². The zero-order valence-electron chi connectivity index (χ0n) is 15.3. The van der Waals surface area contributed by atoms with Gasteiger partial charge in [0.15, 0.2) is 0 Å². The van der Waals surface area contributed by atoms with E-state index in [0.29, 0.717) is 29.9 Å².